The van der Waals surface area contributed by atoms with Crippen molar-refractivity contribution in [3.8, 4) is 0 Å². The zero-order valence-corrected chi connectivity index (χ0v) is 11.9. The van der Waals surface area contributed by atoms with E-state index in [1.165, 1.54) is 17.0 Å². The third kappa shape index (κ3) is 2.68. The van der Waals surface area contributed by atoms with Crippen molar-refractivity contribution >= 4 is 22.8 Å². The van der Waals surface area contributed by atoms with Crippen LogP contribution in [0.3, 0.4) is 0 Å². The first-order valence-electron chi connectivity index (χ1n) is 7.27. The number of fused-ring (bicyclic) bond motifs is 1. The summed E-state index contributed by atoms with van der Waals surface area (Å²) in [7, 11) is 0. The van der Waals surface area contributed by atoms with Crippen molar-refractivity contribution in [1.29, 1.82) is 0 Å². The van der Waals surface area contributed by atoms with E-state index < -0.39 is 11.8 Å². The van der Waals surface area contributed by atoms with E-state index in [0.717, 1.165) is 12.8 Å². The van der Waals surface area contributed by atoms with Gasteiger partial charge >= 0.3 is 5.97 Å². The molecule has 1 N–H and O–H groups in total. The highest BCUT2D eigenvalue weighted by molar-refractivity contribution is 5.96. The summed E-state index contributed by atoms with van der Waals surface area (Å²) in [5.41, 5.74) is 0.0534. The number of carboxylic acids is 1. The number of hydrogen-bond donors (Lipinski definition) is 1. The summed E-state index contributed by atoms with van der Waals surface area (Å²) in [4.78, 5) is 25.1. The second-order valence-electron chi connectivity index (χ2n) is 5.51. The molecule has 1 saturated heterocycles. The number of para-hydroxylation sites is 1. The maximum Gasteiger partial charge on any atom is 0.305 e. The highest BCUT2D eigenvalue weighted by atomic mass is 19.1. The van der Waals surface area contributed by atoms with Gasteiger partial charge in [0.25, 0.3) is 5.91 Å². The maximum absolute atomic E-state index is 13.7. The molecule has 1 aliphatic heterocycles. The standard InChI is InChI=1S/C16H16FNO4/c17-12-6-3-4-10-8-13(22-15(10)12)16(21)18-7-2-1-5-11(18)9-14(19)20/h3-4,6,8,11H,1-2,5,7,9H2,(H,19,20)/t11-/m1/s1. The minimum Gasteiger partial charge on any atom is -0.481 e. The van der Waals surface area contributed by atoms with E-state index in [2.05, 4.69) is 0 Å². The van der Waals surface area contributed by atoms with Gasteiger partial charge in [-0.15, -0.1) is 0 Å². The second-order valence-corrected chi connectivity index (χ2v) is 5.51. The van der Waals surface area contributed by atoms with Crippen LogP contribution in [0, 0.1) is 5.82 Å². The molecule has 1 aliphatic rings. The predicted octanol–water partition coefficient (Wildman–Crippen LogP) is 3.04. The molecule has 0 aliphatic carbocycles. The third-order valence-electron chi connectivity index (χ3n) is 4.01. The third-order valence-corrected chi connectivity index (χ3v) is 4.01. The Hall–Kier alpha value is -2.37. The fraction of sp³-hybridized carbons (Fsp3) is 0.375. The van der Waals surface area contributed by atoms with Crippen LogP contribution in [0.1, 0.15) is 36.2 Å². The van der Waals surface area contributed by atoms with Gasteiger partial charge in [0.1, 0.15) is 0 Å². The van der Waals surface area contributed by atoms with Crippen LogP contribution >= 0.6 is 0 Å². The number of nitrogens with zero attached hydrogens (tertiary/aromatic N) is 1. The second kappa shape index (κ2) is 5.79. The van der Waals surface area contributed by atoms with E-state index in [9.17, 15) is 14.0 Å². The predicted molar refractivity (Wildman–Crippen MR) is 77.1 cm³/mol. The van der Waals surface area contributed by atoms with Crippen LogP contribution in [-0.2, 0) is 4.79 Å². The number of amides is 1. The van der Waals surface area contributed by atoms with Gasteiger partial charge in [-0.25, -0.2) is 4.39 Å². The van der Waals surface area contributed by atoms with Crippen molar-refractivity contribution in [2.45, 2.75) is 31.7 Å². The molecule has 1 aromatic carbocycles. The van der Waals surface area contributed by atoms with Crippen molar-refractivity contribution in [1.82, 2.24) is 4.90 Å². The molecule has 1 fully saturated rings. The van der Waals surface area contributed by atoms with Gasteiger partial charge in [-0.2, -0.15) is 0 Å². The van der Waals surface area contributed by atoms with Crippen LogP contribution in [0.25, 0.3) is 11.0 Å². The molecule has 0 bridgehead atoms. The molecule has 0 radical (unpaired) electrons. The summed E-state index contributed by atoms with van der Waals surface area (Å²) in [5, 5.41) is 9.50. The Kier molecular flexibility index (Phi) is 3.83. The fourth-order valence-corrected chi connectivity index (χ4v) is 2.96. The lowest BCUT2D eigenvalue weighted by Gasteiger charge is -2.34. The molecule has 3 rings (SSSR count). The first kappa shape index (κ1) is 14.6. The van der Waals surface area contributed by atoms with Gasteiger partial charge in [0.2, 0.25) is 0 Å². The molecule has 1 amide bonds. The molecule has 116 valence electrons. The number of furan rings is 1. The van der Waals surface area contributed by atoms with Crippen molar-refractivity contribution in [2.75, 3.05) is 6.54 Å². The number of carbonyl (C=O) groups excluding carboxylic acids is 1. The Bertz CT molecular complexity index is 724. The van der Waals surface area contributed by atoms with Gasteiger partial charge in [0.15, 0.2) is 17.2 Å². The molecule has 6 heteroatoms. The number of hydrogen-bond acceptors (Lipinski definition) is 3. The Balaban J connectivity index is 1.89. The minimum absolute atomic E-state index is 0.0531. The van der Waals surface area contributed by atoms with Gasteiger partial charge in [-0.05, 0) is 31.4 Å². The van der Waals surface area contributed by atoms with E-state index in [-0.39, 0.29) is 29.7 Å². The highest BCUT2D eigenvalue weighted by Crippen LogP contribution is 2.26. The van der Waals surface area contributed by atoms with E-state index in [4.69, 9.17) is 9.52 Å². The number of carboxylic acid groups (broad SMARTS) is 1. The maximum atomic E-state index is 13.7. The molecule has 2 aromatic rings. The molecule has 0 saturated carbocycles. The molecular weight excluding hydrogens is 289 g/mol. The highest BCUT2D eigenvalue weighted by Gasteiger charge is 2.31. The van der Waals surface area contributed by atoms with Crippen LogP contribution < -0.4 is 0 Å². The lowest BCUT2D eigenvalue weighted by molar-refractivity contribution is -0.138. The summed E-state index contributed by atoms with van der Waals surface area (Å²) in [6.07, 6.45) is 2.31. The van der Waals surface area contributed by atoms with Gasteiger partial charge in [-0.3, -0.25) is 9.59 Å². The zero-order valence-electron chi connectivity index (χ0n) is 11.9. The van der Waals surface area contributed by atoms with Crippen molar-refractivity contribution in [2.24, 2.45) is 0 Å². The van der Waals surface area contributed by atoms with Crippen molar-refractivity contribution in [3.05, 3.63) is 35.8 Å². The van der Waals surface area contributed by atoms with Crippen LogP contribution in [0.15, 0.2) is 28.7 Å². The first-order chi connectivity index (χ1) is 10.6. The monoisotopic (exact) mass is 305 g/mol. The van der Waals surface area contributed by atoms with Crippen LogP contribution in [-0.4, -0.2) is 34.5 Å². The lowest BCUT2D eigenvalue weighted by Crippen LogP contribution is -2.44. The minimum atomic E-state index is -0.930. The van der Waals surface area contributed by atoms with E-state index >= 15 is 0 Å². The molecule has 0 spiro atoms. The Morgan fingerprint density at radius 3 is 2.91 bits per heavy atom. The van der Waals surface area contributed by atoms with Crippen LogP contribution in [0.2, 0.25) is 0 Å². The van der Waals surface area contributed by atoms with Crippen molar-refractivity contribution in [3.63, 3.8) is 0 Å². The largest absolute Gasteiger partial charge is 0.481 e. The number of aliphatic carboxylic acids is 1. The average Bonchev–Trinajstić information content (AvgIpc) is 2.92. The van der Waals surface area contributed by atoms with E-state index in [1.807, 2.05) is 0 Å². The first-order valence-corrected chi connectivity index (χ1v) is 7.27. The molecule has 1 atom stereocenters. The van der Waals surface area contributed by atoms with Gasteiger partial charge in [-0.1, -0.05) is 12.1 Å². The topological polar surface area (TPSA) is 70.8 Å². The number of carbonyl (C=O) groups is 2. The molecule has 2 heterocycles. The molecule has 5 nitrogen and oxygen atoms in total. The summed E-state index contributed by atoms with van der Waals surface area (Å²) in [6, 6.07) is 5.66. The van der Waals surface area contributed by atoms with Crippen molar-refractivity contribution < 1.29 is 23.5 Å². The van der Waals surface area contributed by atoms with E-state index in [0.29, 0.717) is 18.4 Å². The van der Waals surface area contributed by atoms with E-state index in [1.54, 1.807) is 12.1 Å². The molecule has 0 unspecified atom stereocenters. The summed E-state index contributed by atoms with van der Waals surface area (Å²) in [5.74, 6) is -1.77. The smallest absolute Gasteiger partial charge is 0.305 e. The number of piperidine rings is 1. The Morgan fingerprint density at radius 1 is 1.36 bits per heavy atom. The van der Waals surface area contributed by atoms with Crippen LogP contribution in [0.4, 0.5) is 4.39 Å². The van der Waals surface area contributed by atoms with Gasteiger partial charge in [0.05, 0.1) is 6.42 Å². The van der Waals surface area contributed by atoms with Gasteiger partial charge < -0.3 is 14.4 Å². The number of likely N-dealkylation sites (tertiary alicyclic amines) is 1. The zero-order chi connectivity index (χ0) is 15.7. The Morgan fingerprint density at radius 2 is 2.18 bits per heavy atom. The molecule has 1 aromatic heterocycles. The summed E-state index contributed by atoms with van der Waals surface area (Å²) in [6.45, 7) is 0.496. The number of benzene rings is 1. The van der Waals surface area contributed by atoms with Gasteiger partial charge in [0, 0.05) is 18.0 Å². The fourth-order valence-electron chi connectivity index (χ4n) is 2.96. The molecular formula is C16H16FNO4. The lowest BCUT2D eigenvalue weighted by atomic mass is 9.99. The summed E-state index contributed by atoms with van der Waals surface area (Å²) >= 11 is 0. The summed E-state index contributed by atoms with van der Waals surface area (Å²) < 4.78 is 19.0. The molecule has 22 heavy (non-hydrogen) atoms. The normalized spacial score (nSPS) is 18.6. The quantitative estimate of drug-likeness (QED) is 0.946. The number of halogens is 1. The SMILES string of the molecule is O=C(O)C[C@H]1CCCCN1C(=O)c1cc2cccc(F)c2o1. The van der Waals surface area contributed by atoms with Crippen LogP contribution in [0.5, 0.6) is 0 Å². The Labute approximate surface area is 126 Å². The number of rotatable bonds is 3. The average molecular weight is 305 g/mol.